The maximum absolute atomic E-state index is 13.2. The summed E-state index contributed by atoms with van der Waals surface area (Å²) in [7, 11) is 0. The van der Waals surface area contributed by atoms with Crippen LogP contribution in [0.4, 0.5) is 22.0 Å². The summed E-state index contributed by atoms with van der Waals surface area (Å²) >= 11 is 0. The molecule has 0 unspecified atom stereocenters. The van der Waals surface area contributed by atoms with Crippen molar-refractivity contribution in [1.82, 2.24) is 14.5 Å². The molecule has 0 saturated carbocycles. The van der Waals surface area contributed by atoms with Gasteiger partial charge >= 0.3 is 6.03 Å². The maximum Gasteiger partial charge on any atom is 0.328 e. The molecule has 2 amide bonds. The number of benzene rings is 1. The number of fused-ring (bicyclic) bond motifs is 1. The van der Waals surface area contributed by atoms with E-state index in [2.05, 4.69) is 34.4 Å². The Bertz CT molecular complexity index is 1120. The van der Waals surface area contributed by atoms with Gasteiger partial charge in [0.1, 0.15) is 0 Å². The summed E-state index contributed by atoms with van der Waals surface area (Å²) in [5.41, 5.74) is 7.83. The normalized spacial score (nSPS) is 13.7. The molecule has 1 saturated heterocycles. The first kappa shape index (κ1) is 24.3. The molecule has 9 nitrogen and oxygen atoms in total. The standard InChI is InChI=1S/C23H29N7O2.ClH/c1-16(2)26-19-4-3-8-25-22(19)28-10-12-29(13-11-28)23(32)30-9-7-17-14-18(5-6-20(17)30)27-21(31)15-24;/h3-9,14,16,26H,10-13,15,24H2,1-2H3,(H,27,31);1H. The van der Waals surface area contributed by atoms with Crippen molar-refractivity contribution in [3.63, 3.8) is 0 Å². The van der Waals surface area contributed by atoms with Crippen LogP contribution in [0.25, 0.3) is 10.9 Å². The lowest BCUT2D eigenvalue weighted by Gasteiger charge is -2.36. The summed E-state index contributed by atoms with van der Waals surface area (Å²) in [6, 6.07) is 11.6. The molecule has 3 heterocycles. The molecule has 1 aliphatic rings. The first-order chi connectivity index (χ1) is 15.5. The van der Waals surface area contributed by atoms with Crippen molar-refractivity contribution >= 4 is 52.4 Å². The minimum absolute atomic E-state index is 0. The molecule has 3 aromatic rings. The minimum Gasteiger partial charge on any atom is -0.380 e. The number of carbonyl (C=O) groups excluding carboxylic acids is 2. The van der Waals surface area contributed by atoms with Crippen LogP contribution in [0.5, 0.6) is 0 Å². The number of piperazine rings is 1. The Morgan fingerprint density at radius 1 is 1.12 bits per heavy atom. The van der Waals surface area contributed by atoms with Crippen LogP contribution in [-0.4, -0.2) is 65.2 Å². The number of pyridine rings is 1. The summed E-state index contributed by atoms with van der Waals surface area (Å²) in [5.74, 6) is 0.671. The molecule has 4 N–H and O–H groups in total. The Kier molecular flexibility index (Phi) is 7.78. The lowest BCUT2D eigenvalue weighted by atomic mass is 10.2. The number of amides is 2. The SMILES string of the molecule is CC(C)Nc1cccnc1N1CCN(C(=O)n2ccc3cc(NC(=O)CN)ccc32)CC1.Cl. The van der Waals surface area contributed by atoms with Crippen molar-refractivity contribution in [2.75, 3.05) is 48.3 Å². The van der Waals surface area contributed by atoms with Gasteiger partial charge in [0.05, 0.1) is 17.7 Å². The molecular formula is C23H30ClN7O2. The van der Waals surface area contributed by atoms with E-state index in [9.17, 15) is 9.59 Å². The molecule has 0 radical (unpaired) electrons. The highest BCUT2D eigenvalue weighted by Crippen LogP contribution is 2.25. The van der Waals surface area contributed by atoms with E-state index in [-0.39, 0.29) is 30.9 Å². The Morgan fingerprint density at radius 2 is 1.88 bits per heavy atom. The fourth-order valence-electron chi connectivity index (χ4n) is 3.93. The fraction of sp³-hybridized carbons (Fsp3) is 0.348. The van der Waals surface area contributed by atoms with Gasteiger partial charge < -0.3 is 26.2 Å². The molecule has 176 valence electrons. The van der Waals surface area contributed by atoms with Crippen LogP contribution in [0.3, 0.4) is 0 Å². The van der Waals surface area contributed by atoms with Gasteiger partial charge in [-0.1, -0.05) is 0 Å². The lowest BCUT2D eigenvalue weighted by Crippen LogP contribution is -2.50. The highest BCUT2D eigenvalue weighted by atomic mass is 35.5. The van der Waals surface area contributed by atoms with Gasteiger partial charge in [0, 0.05) is 55.7 Å². The van der Waals surface area contributed by atoms with E-state index in [4.69, 9.17) is 5.73 Å². The summed E-state index contributed by atoms with van der Waals surface area (Å²) in [6.07, 6.45) is 3.58. The Balaban J connectivity index is 0.00000306. The van der Waals surface area contributed by atoms with Gasteiger partial charge in [-0.25, -0.2) is 9.78 Å². The van der Waals surface area contributed by atoms with E-state index in [1.165, 1.54) is 0 Å². The summed E-state index contributed by atoms with van der Waals surface area (Å²) in [6.45, 7) is 6.78. The molecule has 1 fully saturated rings. The first-order valence-electron chi connectivity index (χ1n) is 10.8. The summed E-state index contributed by atoms with van der Waals surface area (Å²) in [5, 5.41) is 7.06. The average Bonchev–Trinajstić information content (AvgIpc) is 3.22. The van der Waals surface area contributed by atoms with Crippen molar-refractivity contribution in [2.24, 2.45) is 5.73 Å². The third-order valence-electron chi connectivity index (χ3n) is 5.45. The molecule has 0 bridgehead atoms. The zero-order chi connectivity index (χ0) is 22.7. The number of rotatable bonds is 5. The number of hydrogen-bond acceptors (Lipinski definition) is 6. The minimum atomic E-state index is -0.252. The van der Waals surface area contributed by atoms with Crippen LogP contribution in [0.2, 0.25) is 0 Å². The van der Waals surface area contributed by atoms with Crippen molar-refractivity contribution in [3.05, 3.63) is 48.8 Å². The highest BCUT2D eigenvalue weighted by molar-refractivity contribution is 5.97. The van der Waals surface area contributed by atoms with Gasteiger partial charge in [-0.2, -0.15) is 0 Å². The number of nitrogens with one attached hydrogen (secondary N) is 2. The van der Waals surface area contributed by atoms with Gasteiger partial charge in [0.25, 0.3) is 0 Å². The average molecular weight is 472 g/mol. The first-order valence-corrected chi connectivity index (χ1v) is 10.8. The molecule has 0 aliphatic carbocycles. The van der Waals surface area contributed by atoms with Crippen molar-refractivity contribution in [2.45, 2.75) is 19.9 Å². The molecule has 0 atom stereocenters. The fourth-order valence-corrected chi connectivity index (χ4v) is 3.93. The monoisotopic (exact) mass is 471 g/mol. The Labute approximate surface area is 199 Å². The topological polar surface area (TPSA) is 109 Å². The van der Waals surface area contributed by atoms with Crippen LogP contribution in [-0.2, 0) is 4.79 Å². The smallest absolute Gasteiger partial charge is 0.328 e. The number of nitrogens with zero attached hydrogens (tertiary/aromatic N) is 4. The second-order valence-corrected chi connectivity index (χ2v) is 8.14. The number of anilines is 3. The Hall–Kier alpha value is -3.30. The predicted octanol–water partition coefficient (Wildman–Crippen LogP) is 2.97. The molecule has 0 spiro atoms. The van der Waals surface area contributed by atoms with E-state index in [0.717, 1.165) is 22.4 Å². The quantitative estimate of drug-likeness (QED) is 0.528. The third kappa shape index (κ3) is 5.37. The molecule has 1 aliphatic heterocycles. The predicted molar refractivity (Wildman–Crippen MR) is 134 cm³/mol. The number of nitrogens with two attached hydrogens (primary N) is 1. The van der Waals surface area contributed by atoms with E-state index in [1.807, 2.05) is 35.2 Å². The van der Waals surface area contributed by atoms with Crippen LogP contribution < -0.4 is 21.3 Å². The molecular weight excluding hydrogens is 442 g/mol. The van der Waals surface area contributed by atoms with E-state index in [1.54, 1.807) is 23.0 Å². The number of hydrogen-bond donors (Lipinski definition) is 3. The molecule has 4 rings (SSSR count). The van der Waals surface area contributed by atoms with E-state index < -0.39 is 0 Å². The molecule has 10 heteroatoms. The third-order valence-corrected chi connectivity index (χ3v) is 5.45. The molecule has 33 heavy (non-hydrogen) atoms. The second kappa shape index (κ2) is 10.5. The molecule has 1 aromatic carbocycles. The van der Waals surface area contributed by atoms with Gasteiger partial charge in [-0.3, -0.25) is 9.36 Å². The largest absolute Gasteiger partial charge is 0.380 e. The Morgan fingerprint density at radius 3 is 2.58 bits per heavy atom. The van der Waals surface area contributed by atoms with Crippen molar-refractivity contribution < 1.29 is 9.59 Å². The summed E-state index contributed by atoms with van der Waals surface area (Å²) < 4.78 is 1.66. The van der Waals surface area contributed by atoms with Crippen molar-refractivity contribution in [1.29, 1.82) is 0 Å². The van der Waals surface area contributed by atoms with Gasteiger partial charge in [-0.05, 0) is 50.2 Å². The second-order valence-electron chi connectivity index (χ2n) is 8.14. The van der Waals surface area contributed by atoms with E-state index in [0.29, 0.717) is 37.9 Å². The van der Waals surface area contributed by atoms with Gasteiger partial charge in [0.2, 0.25) is 5.91 Å². The zero-order valence-electron chi connectivity index (χ0n) is 18.8. The highest BCUT2D eigenvalue weighted by Gasteiger charge is 2.25. The van der Waals surface area contributed by atoms with E-state index >= 15 is 0 Å². The zero-order valence-corrected chi connectivity index (χ0v) is 19.6. The van der Waals surface area contributed by atoms with Crippen LogP contribution in [0.1, 0.15) is 13.8 Å². The van der Waals surface area contributed by atoms with Crippen molar-refractivity contribution in [3.8, 4) is 0 Å². The van der Waals surface area contributed by atoms with Crippen LogP contribution in [0, 0.1) is 0 Å². The van der Waals surface area contributed by atoms with Gasteiger partial charge in [0.15, 0.2) is 5.82 Å². The summed E-state index contributed by atoms with van der Waals surface area (Å²) in [4.78, 5) is 33.4. The maximum atomic E-state index is 13.2. The number of halogens is 1. The number of carbonyl (C=O) groups is 2. The van der Waals surface area contributed by atoms with Crippen LogP contribution in [0.15, 0.2) is 48.8 Å². The lowest BCUT2D eigenvalue weighted by molar-refractivity contribution is -0.114. The van der Waals surface area contributed by atoms with Crippen LogP contribution >= 0.6 is 12.4 Å². The molecule has 2 aromatic heterocycles. The number of aromatic nitrogens is 2. The van der Waals surface area contributed by atoms with Gasteiger partial charge in [-0.15, -0.1) is 12.4 Å².